The van der Waals surface area contributed by atoms with Gasteiger partial charge in [-0.05, 0) is 24.5 Å². The Balaban J connectivity index is 2.11. The highest BCUT2D eigenvalue weighted by Crippen LogP contribution is 2.42. The number of pyridine rings is 1. The van der Waals surface area contributed by atoms with Crippen molar-refractivity contribution in [3.63, 3.8) is 0 Å². The van der Waals surface area contributed by atoms with Gasteiger partial charge in [-0.25, -0.2) is 9.50 Å². The summed E-state index contributed by atoms with van der Waals surface area (Å²) in [7, 11) is 0. The van der Waals surface area contributed by atoms with Gasteiger partial charge in [0.05, 0.1) is 0 Å². The molecule has 0 unspecified atom stereocenters. The first-order chi connectivity index (χ1) is 7.88. The van der Waals surface area contributed by atoms with Crippen LogP contribution >= 0.6 is 0 Å². The van der Waals surface area contributed by atoms with Crippen molar-refractivity contribution >= 4 is 5.65 Å². The molecule has 0 aliphatic heterocycles. The molecule has 0 amide bonds. The molecule has 2 aromatic rings. The number of hydrogen-bond donors (Lipinski definition) is 1. The molecule has 2 aromatic heterocycles. The van der Waals surface area contributed by atoms with Crippen LogP contribution in [0.2, 0.25) is 0 Å². The van der Waals surface area contributed by atoms with Crippen LogP contribution in [0.1, 0.15) is 45.0 Å². The van der Waals surface area contributed by atoms with Crippen LogP contribution in [0.5, 0.6) is 0 Å². The Morgan fingerprint density at radius 2 is 2.00 bits per heavy atom. The van der Waals surface area contributed by atoms with E-state index in [1.807, 2.05) is 16.8 Å². The third-order valence-corrected chi connectivity index (χ3v) is 3.37. The van der Waals surface area contributed by atoms with Gasteiger partial charge in [-0.1, -0.05) is 26.8 Å². The average molecular weight is 230 g/mol. The van der Waals surface area contributed by atoms with Gasteiger partial charge in [0.1, 0.15) is 0 Å². The molecule has 0 aromatic carbocycles. The molecule has 0 spiro atoms. The van der Waals surface area contributed by atoms with Crippen molar-refractivity contribution in [2.45, 2.75) is 44.6 Å². The largest absolute Gasteiger partial charge is 0.321 e. The first kappa shape index (κ1) is 10.7. The van der Waals surface area contributed by atoms with Gasteiger partial charge < -0.3 is 5.73 Å². The number of nitrogens with two attached hydrogens (primary N) is 1. The Labute approximate surface area is 101 Å². The van der Waals surface area contributed by atoms with Crippen molar-refractivity contribution in [1.82, 2.24) is 14.6 Å². The second-order valence-electron chi connectivity index (χ2n) is 6.06. The molecule has 0 bridgehead atoms. The third kappa shape index (κ3) is 1.72. The van der Waals surface area contributed by atoms with Crippen molar-refractivity contribution < 1.29 is 0 Å². The molecule has 4 nitrogen and oxygen atoms in total. The van der Waals surface area contributed by atoms with Gasteiger partial charge in [0.15, 0.2) is 11.5 Å². The van der Waals surface area contributed by atoms with Gasteiger partial charge in [0.25, 0.3) is 0 Å². The van der Waals surface area contributed by atoms with Gasteiger partial charge in [-0.2, -0.15) is 5.10 Å². The topological polar surface area (TPSA) is 56.2 Å². The predicted octanol–water partition coefficient (Wildman–Crippen LogP) is 1.97. The Morgan fingerprint density at radius 3 is 2.59 bits per heavy atom. The van der Waals surface area contributed by atoms with E-state index >= 15 is 0 Å². The van der Waals surface area contributed by atoms with E-state index in [0.29, 0.717) is 0 Å². The maximum Gasteiger partial charge on any atom is 0.157 e. The summed E-state index contributed by atoms with van der Waals surface area (Å²) >= 11 is 0. The van der Waals surface area contributed by atoms with Gasteiger partial charge in [0.2, 0.25) is 0 Å². The minimum atomic E-state index is -0.109. The first-order valence-corrected chi connectivity index (χ1v) is 6.05. The molecule has 0 atom stereocenters. The maximum absolute atomic E-state index is 6.19. The molecule has 4 heteroatoms. The Morgan fingerprint density at radius 1 is 1.29 bits per heavy atom. The van der Waals surface area contributed by atoms with Gasteiger partial charge in [-0.3, -0.25) is 0 Å². The zero-order valence-electron chi connectivity index (χ0n) is 10.6. The molecular weight excluding hydrogens is 212 g/mol. The molecule has 2 N–H and O–H groups in total. The summed E-state index contributed by atoms with van der Waals surface area (Å²) in [5.74, 6) is 0.872. The number of hydrogen-bond acceptors (Lipinski definition) is 3. The molecule has 1 aliphatic carbocycles. The van der Waals surface area contributed by atoms with E-state index in [1.165, 1.54) is 0 Å². The second kappa shape index (κ2) is 3.07. The smallest absolute Gasteiger partial charge is 0.157 e. The van der Waals surface area contributed by atoms with Crippen LogP contribution in [0.25, 0.3) is 5.65 Å². The van der Waals surface area contributed by atoms with E-state index in [1.54, 1.807) is 0 Å². The van der Waals surface area contributed by atoms with Crippen molar-refractivity contribution in [3.8, 4) is 0 Å². The molecule has 1 aliphatic rings. The lowest BCUT2D eigenvalue weighted by atomic mass is 9.96. The van der Waals surface area contributed by atoms with Gasteiger partial charge in [0, 0.05) is 17.2 Å². The lowest BCUT2D eigenvalue weighted by Gasteiger charge is -2.11. The summed E-state index contributed by atoms with van der Waals surface area (Å²) < 4.78 is 1.85. The van der Waals surface area contributed by atoms with Gasteiger partial charge >= 0.3 is 0 Å². The lowest BCUT2D eigenvalue weighted by molar-refractivity contribution is 0.545. The van der Waals surface area contributed by atoms with E-state index in [4.69, 9.17) is 5.73 Å². The van der Waals surface area contributed by atoms with Crippen molar-refractivity contribution in [2.75, 3.05) is 0 Å². The van der Waals surface area contributed by atoms with E-state index in [-0.39, 0.29) is 11.0 Å². The maximum atomic E-state index is 6.19. The number of nitrogens with zero attached hydrogens (tertiary/aromatic N) is 3. The van der Waals surface area contributed by atoms with Crippen LogP contribution in [0, 0.1) is 0 Å². The van der Waals surface area contributed by atoms with Crippen molar-refractivity contribution in [2.24, 2.45) is 5.73 Å². The lowest BCUT2D eigenvalue weighted by Crippen LogP contribution is -2.19. The minimum Gasteiger partial charge on any atom is -0.321 e. The fourth-order valence-electron chi connectivity index (χ4n) is 1.92. The number of aromatic nitrogens is 3. The monoisotopic (exact) mass is 230 g/mol. The average Bonchev–Trinajstić information content (AvgIpc) is 2.85. The zero-order valence-corrected chi connectivity index (χ0v) is 10.6. The van der Waals surface area contributed by atoms with Crippen LogP contribution in [0.15, 0.2) is 18.3 Å². The third-order valence-electron chi connectivity index (χ3n) is 3.37. The molecule has 0 saturated heterocycles. The first-order valence-electron chi connectivity index (χ1n) is 6.05. The molecule has 2 heterocycles. The molecule has 17 heavy (non-hydrogen) atoms. The number of rotatable bonds is 1. The van der Waals surface area contributed by atoms with Crippen LogP contribution in [0.4, 0.5) is 0 Å². The molecule has 1 saturated carbocycles. The van der Waals surface area contributed by atoms with Crippen molar-refractivity contribution in [1.29, 1.82) is 0 Å². The molecule has 90 valence electrons. The molecule has 1 fully saturated rings. The highest BCUT2D eigenvalue weighted by molar-refractivity contribution is 5.42. The van der Waals surface area contributed by atoms with Crippen LogP contribution in [-0.2, 0) is 11.0 Å². The highest BCUT2D eigenvalue weighted by atomic mass is 15.3. The van der Waals surface area contributed by atoms with Crippen LogP contribution in [-0.4, -0.2) is 14.6 Å². The van der Waals surface area contributed by atoms with Crippen LogP contribution < -0.4 is 5.73 Å². The summed E-state index contributed by atoms with van der Waals surface area (Å²) in [6, 6.07) is 4.08. The molecule has 3 rings (SSSR count). The Bertz CT molecular complexity index is 569. The second-order valence-corrected chi connectivity index (χ2v) is 6.06. The highest BCUT2D eigenvalue weighted by Gasteiger charge is 2.40. The quantitative estimate of drug-likeness (QED) is 0.815. The molecule has 0 radical (unpaired) electrons. The SMILES string of the molecule is CC(C)(C)c1nc2ccc(C3(N)CC3)cn2n1. The zero-order chi connectivity index (χ0) is 12.3. The summed E-state index contributed by atoms with van der Waals surface area (Å²) in [4.78, 5) is 4.54. The van der Waals surface area contributed by atoms with E-state index in [2.05, 4.69) is 36.9 Å². The predicted molar refractivity (Wildman–Crippen MR) is 66.8 cm³/mol. The minimum absolute atomic E-state index is 0.0217. The molecular formula is C13H18N4. The fourth-order valence-corrected chi connectivity index (χ4v) is 1.92. The van der Waals surface area contributed by atoms with Gasteiger partial charge in [-0.15, -0.1) is 0 Å². The standard InChI is InChI=1S/C13H18N4/c1-12(2,3)11-15-10-5-4-9(8-17(10)16-11)13(14)6-7-13/h4-5,8H,6-7,14H2,1-3H3. The van der Waals surface area contributed by atoms with E-state index in [9.17, 15) is 0 Å². The van der Waals surface area contributed by atoms with E-state index < -0.39 is 0 Å². The Kier molecular flexibility index (Phi) is 1.94. The van der Waals surface area contributed by atoms with Crippen LogP contribution in [0.3, 0.4) is 0 Å². The fraction of sp³-hybridized carbons (Fsp3) is 0.538. The normalized spacial score (nSPS) is 18.6. The Hall–Kier alpha value is -1.42. The summed E-state index contributed by atoms with van der Waals surface area (Å²) in [6.07, 6.45) is 4.16. The number of fused-ring (bicyclic) bond motifs is 1. The summed E-state index contributed by atoms with van der Waals surface area (Å²) in [5.41, 5.74) is 8.11. The van der Waals surface area contributed by atoms with Crippen molar-refractivity contribution in [3.05, 3.63) is 29.7 Å². The summed E-state index contributed by atoms with van der Waals surface area (Å²) in [6.45, 7) is 6.36. The van der Waals surface area contributed by atoms with E-state index in [0.717, 1.165) is 29.9 Å². The summed E-state index contributed by atoms with van der Waals surface area (Å²) in [5, 5.41) is 4.54.